The zero-order valence-electron chi connectivity index (χ0n) is 20.5. The first-order chi connectivity index (χ1) is 15.9. The van der Waals surface area contributed by atoms with E-state index in [0.29, 0.717) is 19.8 Å². The maximum Gasteiger partial charge on any atom is 0.290 e. The number of rotatable bonds is 6. The largest absolute Gasteiger partial charge is 0.483 e. The van der Waals surface area contributed by atoms with Gasteiger partial charge in [-0.3, -0.25) is 9.59 Å². The lowest BCUT2D eigenvalue weighted by Crippen LogP contribution is -2.53. The number of morpholine rings is 1. The fourth-order valence-corrected chi connectivity index (χ4v) is 3.56. The van der Waals surface area contributed by atoms with E-state index in [1.54, 1.807) is 11.0 Å². The molecule has 0 aliphatic carbocycles. The Bertz CT molecular complexity index is 792. The van der Waals surface area contributed by atoms with Gasteiger partial charge in [0.15, 0.2) is 0 Å². The molecule has 0 radical (unpaired) electrons. The molecule has 1 aromatic rings. The summed E-state index contributed by atoms with van der Waals surface area (Å²) >= 11 is 0. The Morgan fingerprint density at radius 1 is 1.27 bits per heavy atom. The van der Waals surface area contributed by atoms with Crippen LogP contribution in [-0.4, -0.2) is 76.8 Å². The van der Waals surface area contributed by atoms with Gasteiger partial charge in [0.25, 0.3) is 6.47 Å². The summed E-state index contributed by atoms with van der Waals surface area (Å²) in [5.41, 5.74) is 2.93. The summed E-state index contributed by atoms with van der Waals surface area (Å²) < 4.78 is 5.43. The van der Waals surface area contributed by atoms with Crippen molar-refractivity contribution in [3.8, 4) is 0 Å². The van der Waals surface area contributed by atoms with Gasteiger partial charge in [0.05, 0.1) is 25.0 Å². The highest BCUT2D eigenvalue weighted by Gasteiger charge is 2.30. The van der Waals surface area contributed by atoms with Crippen molar-refractivity contribution in [3.05, 3.63) is 41.5 Å². The minimum Gasteiger partial charge on any atom is -0.483 e. The minimum absolute atomic E-state index is 0.00577. The maximum absolute atomic E-state index is 12.9. The van der Waals surface area contributed by atoms with Crippen LogP contribution in [0.3, 0.4) is 0 Å². The predicted molar refractivity (Wildman–Crippen MR) is 131 cm³/mol. The summed E-state index contributed by atoms with van der Waals surface area (Å²) in [5.74, 6) is 0.785. The molecule has 2 aliphatic rings. The molecule has 8 heteroatoms. The fourth-order valence-electron chi connectivity index (χ4n) is 3.56. The number of amides is 1. The van der Waals surface area contributed by atoms with Crippen LogP contribution >= 0.6 is 0 Å². The van der Waals surface area contributed by atoms with Crippen molar-refractivity contribution < 1.29 is 24.5 Å². The van der Waals surface area contributed by atoms with E-state index in [-0.39, 0.29) is 25.0 Å². The number of nitrogens with zero attached hydrogens (tertiary/aromatic N) is 3. The molecule has 0 aromatic heterocycles. The van der Waals surface area contributed by atoms with E-state index in [4.69, 9.17) is 19.6 Å². The van der Waals surface area contributed by atoms with Crippen LogP contribution < -0.4 is 0 Å². The van der Waals surface area contributed by atoms with Crippen molar-refractivity contribution >= 4 is 23.9 Å². The molecule has 1 fully saturated rings. The Labute approximate surface area is 197 Å². The molecule has 1 amide bonds. The summed E-state index contributed by atoms with van der Waals surface area (Å²) in [7, 11) is 0. The summed E-state index contributed by atoms with van der Waals surface area (Å²) in [6, 6.07) is 8.17. The van der Waals surface area contributed by atoms with Crippen molar-refractivity contribution in [2.24, 2.45) is 4.99 Å². The molecule has 1 aromatic carbocycles. The van der Waals surface area contributed by atoms with Crippen LogP contribution in [0.2, 0.25) is 0 Å². The Balaban J connectivity index is 0.00000101. The number of carboxylic acid groups (broad SMARTS) is 1. The highest BCUT2D eigenvalue weighted by Crippen LogP contribution is 2.25. The van der Waals surface area contributed by atoms with Crippen LogP contribution in [0, 0.1) is 6.92 Å². The van der Waals surface area contributed by atoms with Gasteiger partial charge in [-0.15, -0.1) is 0 Å². The first-order valence-electron chi connectivity index (χ1n) is 11.7. The average Bonchev–Trinajstić information content (AvgIpc) is 2.82. The normalized spacial score (nSPS) is 19.8. The lowest BCUT2D eigenvalue weighted by Gasteiger charge is -2.37. The Morgan fingerprint density at radius 3 is 2.48 bits per heavy atom. The number of unbranched alkanes of at least 4 members (excludes halogenated alkanes) is 1. The SMILES string of the molecule is CC.CCCCC1=NC(c2ccc(C)cc2)=CC(O)N1CC(=O)N1CCOCC1C.O=CO. The molecule has 2 N–H and O–H groups in total. The number of carbonyl (C=O) groups excluding carboxylic acids is 1. The van der Waals surface area contributed by atoms with Crippen molar-refractivity contribution in [3.63, 3.8) is 0 Å². The van der Waals surface area contributed by atoms with Crippen molar-refractivity contribution in [2.45, 2.75) is 66.2 Å². The van der Waals surface area contributed by atoms with Crippen LogP contribution in [-0.2, 0) is 14.3 Å². The predicted octanol–water partition coefficient (Wildman–Crippen LogP) is 3.53. The molecule has 0 saturated carbocycles. The van der Waals surface area contributed by atoms with E-state index in [2.05, 4.69) is 6.92 Å². The smallest absolute Gasteiger partial charge is 0.290 e. The van der Waals surface area contributed by atoms with Gasteiger partial charge in [0.1, 0.15) is 18.6 Å². The maximum atomic E-state index is 12.9. The third-order valence-corrected chi connectivity index (χ3v) is 5.30. The zero-order chi connectivity index (χ0) is 24.8. The molecule has 3 rings (SSSR count). The lowest BCUT2D eigenvalue weighted by atomic mass is 10.1. The van der Waals surface area contributed by atoms with Gasteiger partial charge in [-0.25, -0.2) is 4.99 Å². The number of hydrogen-bond donors (Lipinski definition) is 2. The number of ether oxygens (including phenoxy) is 1. The minimum atomic E-state index is -0.860. The van der Waals surface area contributed by atoms with Gasteiger partial charge in [0.2, 0.25) is 5.91 Å². The quantitative estimate of drug-likeness (QED) is 0.628. The second-order valence-corrected chi connectivity index (χ2v) is 7.71. The molecular formula is C25H39N3O5. The third kappa shape index (κ3) is 8.63. The summed E-state index contributed by atoms with van der Waals surface area (Å²) in [6.45, 7) is 11.8. The second kappa shape index (κ2) is 15.2. The van der Waals surface area contributed by atoms with Crippen molar-refractivity contribution in [1.82, 2.24) is 9.80 Å². The molecule has 0 spiro atoms. The van der Waals surface area contributed by atoms with Gasteiger partial charge < -0.3 is 24.7 Å². The molecule has 1 saturated heterocycles. The first-order valence-corrected chi connectivity index (χ1v) is 11.7. The Morgan fingerprint density at radius 2 is 1.91 bits per heavy atom. The van der Waals surface area contributed by atoms with E-state index in [1.165, 1.54) is 5.56 Å². The third-order valence-electron chi connectivity index (χ3n) is 5.30. The van der Waals surface area contributed by atoms with Crippen LogP contribution in [0.5, 0.6) is 0 Å². The lowest BCUT2D eigenvalue weighted by molar-refractivity contribution is -0.140. The first kappa shape index (κ1) is 28.3. The Hall–Kier alpha value is -2.71. The number of amidine groups is 1. The zero-order valence-corrected chi connectivity index (χ0v) is 20.5. The number of aryl methyl sites for hydroxylation is 1. The van der Waals surface area contributed by atoms with Crippen LogP contribution in [0.25, 0.3) is 5.70 Å². The molecular weight excluding hydrogens is 422 g/mol. The molecule has 0 bridgehead atoms. The number of aliphatic hydroxyl groups excluding tert-OH is 1. The molecule has 2 heterocycles. The highest BCUT2D eigenvalue weighted by molar-refractivity contribution is 5.93. The molecule has 33 heavy (non-hydrogen) atoms. The molecule has 2 unspecified atom stereocenters. The topological polar surface area (TPSA) is 103 Å². The van der Waals surface area contributed by atoms with Gasteiger partial charge in [-0.05, 0) is 26.3 Å². The molecule has 2 atom stereocenters. The van der Waals surface area contributed by atoms with Gasteiger partial charge >= 0.3 is 0 Å². The number of aliphatic imine (C=N–C) groups is 1. The van der Waals surface area contributed by atoms with Crippen LogP contribution in [0.4, 0.5) is 0 Å². The van der Waals surface area contributed by atoms with E-state index < -0.39 is 6.23 Å². The van der Waals surface area contributed by atoms with Gasteiger partial charge in [-0.1, -0.05) is 57.0 Å². The number of benzene rings is 1. The van der Waals surface area contributed by atoms with E-state index in [0.717, 1.165) is 36.4 Å². The van der Waals surface area contributed by atoms with Gasteiger partial charge in [-0.2, -0.15) is 0 Å². The standard InChI is InChI=1S/C22H31N3O3.C2H6.CH2O2/c1-4-5-6-20-23-19(18-9-7-16(2)8-10-18)13-21(26)25(20)14-22(27)24-11-12-28-15-17(24)3;1-2;2-1-3/h7-10,13,17,21,26H,4-6,11-12,14-15H2,1-3H3;1-2H3;1H,(H,2,3). The summed E-state index contributed by atoms with van der Waals surface area (Å²) in [5, 5.41) is 17.7. The fraction of sp³-hybridized carbons (Fsp3) is 0.560. The number of aliphatic hydroxyl groups is 1. The second-order valence-electron chi connectivity index (χ2n) is 7.71. The average molecular weight is 462 g/mol. The summed E-state index contributed by atoms with van der Waals surface area (Å²) in [4.78, 5) is 29.6. The molecule has 2 aliphatic heterocycles. The van der Waals surface area contributed by atoms with Crippen LogP contribution in [0.1, 0.15) is 58.1 Å². The monoisotopic (exact) mass is 461 g/mol. The number of hydrogen-bond acceptors (Lipinski definition) is 6. The van der Waals surface area contributed by atoms with E-state index in [9.17, 15) is 9.90 Å². The Kier molecular flexibility index (Phi) is 13.0. The van der Waals surface area contributed by atoms with Crippen molar-refractivity contribution in [1.29, 1.82) is 0 Å². The van der Waals surface area contributed by atoms with E-state index in [1.807, 2.05) is 56.9 Å². The van der Waals surface area contributed by atoms with Crippen molar-refractivity contribution in [2.75, 3.05) is 26.3 Å². The molecule has 8 nitrogen and oxygen atoms in total. The number of carbonyl (C=O) groups is 2. The van der Waals surface area contributed by atoms with Gasteiger partial charge in [0, 0.05) is 18.5 Å². The van der Waals surface area contributed by atoms with Crippen LogP contribution in [0.15, 0.2) is 35.3 Å². The molecule has 184 valence electrons. The summed E-state index contributed by atoms with van der Waals surface area (Å²) in [6.07, 6.45) is 3.60. The van der Waals surface area contributed by atoms with E-state index >= 15 is 0 Å². The highest BCUT2D eigenvalue weighted by atomic mass is 16.5.